The number of benzene rings is 1. The van der Waals surface area contributed by atoms with Gasteiger partial charge in [-0.2, -0.15) is 5.10 Å². The summed E-state index contributed by atoms with van der Waals surface area (Å²) in [6.07, 6.45) is 1.02. The molecule has 0 atom stereocenters. The van der Waals surface area contributed by atoms with Gasteiger partial charge in [-0.1, -0.05) is 18.2 Å². The number of furan rings is 1. The summed E-state index contributed by atoms with van der Waals surface area (Å²) >= 11 is 0. The summed E-state index contributed by atoms with van der Waals surface area (Å²) in [6.45, 7) is 7.76. The van der Waals surface area contributed by atoms with Crippen LogP contribution in [0.1, 0.15) is 17.1 Å². The lowest BCUT2D eigenvalue weighted by atomic mass is 10.3. The summed E-state index contributed by atoms with van der Waals surface area (Å²) < 4.78 is 13.0. The van der Waals surface area contributed by atoms with Gasteiger partial charge in [-0.3, -0.25) is 9.69 Å². The maximum Gasteiger partial charge on any atom is 0.415 e. The Balaban J connectivity index is 1.29. The molecule has 11 heteroatoms. The fourth-order valence-electron chi connectivity index (χ4n) is 4.35. The minimum atomic E-state index is -0.396. The number of aryl methyl sites for hydroxylation is 3. The lowest BCUT2D eigenvalue weighted by Gasteiger charge is -2.34. The van der Waals surface area contributed by atoms with Crippen LogP contribution < -0.4 is 9.64 Å². The molecule has 38 heavy (non-hydrogen) atoms. The smallest absolute Gasteiger partial charge is 0.415 e. The second kappa shape index (κ2) is 10.9. The number of hydrogen-bond acceptors (Lipinski definition) is 8. The van der Waals surface area contributed by atoms with E-state index in [9.17, 15) is 9.59 Å². The van der Waals surface area contributed by atoms with Gasteiger partial charge in [0.25, 0.3) is 0 Å². The van der Waals surface area contributed by atoms with Crippen molar-refractivity contribution < 1.29 is 18.7 Å². The highest BCUT2D eigenvalue weighted by Gasteiger charge is 2.28. The van der Waals surface area contributed by atoms with E-state index in [2.05, 4.69) is 15.1 Å². The third-order valence-corrected chi connectivity index (χ3v) is 6.23. The largest absolute Gasteiger partial charge is 0.445 e. The van der Waals surface area contributed by atoms with Crippen molar-refractivity contribution >= 4 is 23.7 Å². The third-order valence-electron chi connectivity index (χ3n) is 6.23. The van der Waals surface area contributed by atoms with Crippen molar-refractivity contribution in [2.75, 3.05) is 37.6 Å². The van der Waals surface area contributed by atoms with Gasteiger partial charge in [0.2, 0.25) is 11.8 Å². The first-order chi connectivity index (χ1) is 18.4. The van der Waals surface area contributed by atoms with Gasteiger partial charge in [0.15, 0.2) is 5.82 Å². The van der Waals surface area contributed by atoms with Crippen molar-refractivity contribution in [1.29, 1.82) is 0 Å². The van der Waals surface area contributed by atoms with Gasteiger partial charge < -0.3 is 14.1 Å². The SMILES string of the molecule is Cc1cc(C)n(-c2cc(N(C(=O)CN3CCN(C(=O)Oc4ccccc4)CC3)c3ccc(C)o3)ncn2)n1. The Kier molecular flexibility index (Phi) is 7.18. The van der Waals surface area contributed by atoms with Gasteiger partial charge in [-0.25, -0.2) is 24.3 Å². The lowest BCUT2D eigenvalue weighted by Crippen LogP contribution is -2.51. The summed E-state index contributed by atoms with van der Waals surface area (Å²) in [5, 5.41) is 4.49. The molecule has 0 bridgehead atoms. The van der Waals surface area contributed by atoms with Crippen molar-refractivity contribution in [2.24, 2.45) is 0 Å². The first-order valence-corrected chi connectivity index (χ1v) is 12.4. The highest BCUT2D eigenvalue weighted by molar-refractivity contribution is 5.99. The summed E-state index contributed by atoms with van der Waals surface area (Å²) in [6, 6.07) is 16.2. The average molecular weight is 516 g/mol. The number of amides is 2. The summed E-state index contributed by atoms with van der Waals surface area (Å²) in [5.74, 6) is 2.27. The number of rotatable bonds is 6. The van der Waals surface area contributed by atoms with E-state index < -0.39 is 6.09 Å². The quantitative estimate of drug-likeness (QED) is 0.383. The van der Waals surface area contributed by atoms with Gasteiger partial charge in [-0.05, 0) is 45.0 Å². The second-order valence-electron chi connectivity index (χ2n) is 9.13. The van der Waals surface area contributed by atoms with E-state index in [-0.39, 0.29) is 12.5 Å². The summed E-state index contributed by atoms with van der Waals surface area (Å²) in [7, 11) is 0. The Hall–Kier alpha value is -4.51. The van der Waals surface area contributed by atoms with Crippen LogP contribution in [0.15, 0.2) is 65.3 Å². The monoisotopic (exact) mass is 515 g/mol. The number of piperazine rings is 1. The summed E-state index contributed by atoms with van der Waals surface area (Å²) in [4.78, 5) is 40.0. The molecule has 0 aliphatic carbocycles. The van der Waals surface area contributed by atoms with Gasteiger partial charge in [0, 0.05) is 44.0 Å². The molecule has 1 aromatic carbocycles. The maximum absolute atomic E-state index is 13.6. The Morgan fingerprint density at radius 2 is 1.74 bits per heavy atom. The number of anilines is 2. The molecule has 5 rings (SSSR count). The van der Waals surface area contributed by atoms with E-state index in [1.54, 1.807) is 39.9 Å². The predicted octanol–water partition coefficient (Wildman–Crippen LogP) is 3.66. The second-order valence-corrected chi connectivity index (χ2v) is 9.13. The van der Waals surface area contributed by atoms with Crippen molar-refractivity contribution in [2.45, 2.75) is 20.8 Å². The van der Waals surface area contributed by atoms with Gasteiger partial charge in [-0.15, -0.1) is 0 Å². The fourth-order valence-corrected chi connectivity index (χ4v) is 4.35. The molecule has 4 aromatic rings. The van der Waals surface area contributed by atoms with Crippen molar-refractivity contribution in [3.05, 3.63) is 78.1 Å². The van der Waals surface area contributed by atoms with Crippen LogP contribution in [0.5, 0.6) is 5.75 Å². The molecule has 11 nitrogen and oxygen atoms in total. The van der Waals surface area contributed by atoms with Crippen molar-refractivity contribution in [3.63, 3.8) is 0 Å². The van der Waals surface area contributed by atoms with Crippen LogP contribution in [0.25, 0.3) is 5.82 Å². The van der Waals surface area contributed by atoms with Gasteiger partial charge >= 0.3 is 6.09 Å². The Labute approximate surface area is 220 Å². The first-order valence-electron chi connectivity index (χ1n) is 12.4. The molecule has 0 unspecified atom stereocenters. The normalized spacial score (nSPS) is 13.9. The molecule has 1 aliphatic heterocycles. The van der Waals surface area contributed by atoms with Gasteiger partial charge in [0.05, 0.1) is 12.2 Å². The minimum Gasteiger partial charge on any atom is -0.445 e. The van der Waals surface area contributed by atoms with E-state index in [4.69, 9.17) is 9.15 Å². The molecule has 4 heterocycles. The molecule has 1 aliphatic rings. The molecule has 0 spiro atoms. The van der Waals surface area contributed by atoms with E-state index in [1.807, 2.05) is 49.9 Å². The number of para-hydroxylation sites is 1. The number of hydrogen-bond donors (Lipinski definition) is 0. The van der Waals surface area contributed by atoms with Crippen LogP contribution in [0, 0.1) is 20.8 Å². The molecule has 0 saturated carbocycles. The van der Waals surface area contributed by atoms with Gasteiger partial charge in [0.1, 0.15) is 23.7 Å². The number of carbonyl (C=O) groups excluding carboxylic acids is 2. The Morgan fingerprint density at radius 3 is 2.39 bits per heavy atom. The number of nitrogens with zero attached hydrogens (tertiary/aromatic N) is 7. The molecule has 3 aromatic heterocycles. The fraction of sp³-hybridized carbons (Fsp3) is 0.296. The van der Waals surface area contributed by atoms with Crippen LogP contribution in [0.2, 0.25) is 0 Å². The number of aromatic nitrogens is 4. The maximum atomic E-state index is 13.6. The van der Waals surface area contributed by atoms with E-state index >= 15 is 0 Å². The Morgan fingerprint density at radius 1 is 0.974 bits per heavy atom. The molecular formula is C27H29N7O4. The van der Waals surface area contributed by atoms with Crippen molar-refractivity contribution in [3.8, 4) is 11.6 Å². The molecule has 1 fully saturated rings. The zero-order valence-corrected chi connectivity index (χ0v) is 21.6. The number of ether oxygens (including phenoxy) is 1. The minimum absolute atomic E-state index is 0.126. The zero-order chi connectivity index (χ0) is 26.6. The first kappa shape index (κ1) is 25.2. The molecule has 196 valence electrons. The standard InChI is InChI=1S/C27H29N7O4/c1-19-15-20(2)34(30-19)24-16-23(28-18-29-24)33(26-10-9-21(3)37-26)25(35)17-31-11-13-32(14-12-31)27(36)38-22-7-5-4-6-8-22/h4-10,15-16,18H,11-14,17H2,1-3H3. The lowest BCUT2D eigenvalue weighted by molar-refractivity contribution is -0.119. The highest BCUT2D eigenvalue weighted by Crippen LogP contribution is 2.27. The van der Waals surface area contributed by atoms with Crippen LogP contribution in [0.4, 0.5) is 16.5 Å². The average Bonchev–Trinajstić information content (AvgIpc) is 3.49. The van der Waals surface area contributed by atoms with Crippen LogP contribution >= 0.6 is 0 Å². The predicted molar refractivity (Wildman–Crippen MR) is 140 cm³/mol. The van der Waals surface area contributed by atoms with Crippen LogP contribution in [-0.4, -0.2) is 74.3 Å². The summed E-state index contributed by atoms with van der Waals surface area (Å²) in [5.41, 5.74) is 1.78. The Bertz CT molecular complexity index is 1420. The molecule has 0 N–H and O–H groups in total. The molecule has 0 radical (unpaired) electrons. The van der Waals surface area contributed by atoms with Crippen LogP contribution in [0.3, 0.4) is 0 Å². The van der Waals surface area contributed by atoms with E-state index in [1.165, 1.54) is 11.2 Å². The highest BCUT2D eigenvalue weighted by atomic mass is 16.6. The zero-order valence-electron chi connectivity index (χ0n) is 21.6. The topological polar surface area (TPSA) is 110 Å². The molecular weight excluding hydrogens is 486 g/mol. The molecule has 2 amide bonds. The molecule has 1 saturated heterocycles. The third kappa shape index (κ3) is 5.57. The van der Waals surface area contributed by atoms with E-state index in [0.717, 1.165) is 11.4 Å². The van der Waals surface area contributed by atoms with Crippen molar-refractivity contribution in [1.82, 2.24) is 29.5 Å². The van der Waals surface area contributed by atoms with E-state index in [0.29, 0.717) is 55.2 Å². The van der Waals surface area contributed by atoms with Crippen LogP contribution in [-0.2, 0) is 4.79 Å². The number of carbonyl (C=O) groups is 2.